The minimum atomic E-state index is -3.62. The summed E-state index contributed by atoms with van der Waals surface area (Å²) >= 11 is 0. The van der Waals surface area contributed by atoms with Crippen molar-refractivity contribution < 1.29 is 27.5 Å². The lowest BCUT2D eigenvalue weighted by atomic mass is 10.2. The van der Waals surface area contributed by atoms with Crippen LogP contribution < -0.4 is 20.1 Å². The summed E-state index contributed by atoms with van der Waals surface area (Å²) in [7, 11) is -0.654. The molecule has 186 valence electrons. The third-order valence-corrected chi connectivity index (χ3v) is 6.36. The van der Waals surface area contributed by atoms with E-state index in [2.05, 4.69) is 22.8 Å². The van der Waals surface area contributed by atoms with Gasteiger partial charge in [-0.05, 0) is 51.2 Å². The van der Waals surface area contributed by atoms with Gasteiger partial charge in [-0.25, -0.2) is 23.6 Å². The number of hydrogen-bond donors (Lipinski definition) is 2. The first-order valence-electron chi connectivity index (χ1n) is 10.7. The Labute approximate surface area is 195 Å². The molecule has 0 aliphatic heterocycles. The molecule has 1 heterocycles. The fourth-order valence-corrected chi connectivity index (χ4v) is 3.48. The molecule has 2 amide bonds. The third-order valence-electron chi connectivity index (χ3n) is 5.18. The van der Waals surface area contributed by atoms with Crippen LogP contribution in [-0.2, 0) is 19.5 Å². The minimum Gasteiger partial charge on any atom is -0.443 e. The number of carbonyl (C=O) groups is 2. The Bertz CT molecular complexity index is 962. The first-order chi connectivity index (χ1) is 15.2. The lowest BCUT2D eigenvalue weighted by Crippen LogP contribution is -2.44. The van der Waals surface area contributed by atoms with E-state index in [-0.39, 0.29) is 11.4 Å². The zero-order valence-electron chi connectivity index (χ0n) is 20.3. The van der Waals surface area contributed by atoms with Crippen molar-refractivity contribution in [3.8, 4) is 0 Å². The van der Waals surface area contributed by atoms with E-state index >= 15 is 0 Å². The maximum absolute atomic E-state index is 12.8. The second-order valence-electron chi connectivity index (χ2n) is 9.30. The number of hydrazine groups is 1. The first kappa shape index (κ1) is 26.7. The van der Waals surface area contributed by atoms with Crippen molar-refractivity contribution in [3.63, 3.8) is 0 Å². The molecule has 1 aromatic rings. The summed E-state index contributed by atoms with van der Waals surface area (Å²) in [5, 5.41) is 0. The molecule has 2 atom stereocenters. The van der Waals surface area contributed by atoms with Gasteiger partial charge >= 0.3 is 6.09 Å². The van der Waals surface area contributed by atoms with E-state index in [0.29, 0.717) is 37.4 Å². The molecule has 12 heteroatoms. The summed E-state index contributed by atoms with van der Waals surface area (Å²) in [6, 6.07) is 2.92. The summed E-state index contributed by atoms with van der Waals surface area (Å²) in [5.74, 6) is 0.980. The average Bonchev–Trinajstić information content (AvgIpc) is 3.40. The number of anilines is 2. The summed E-state index contributed by atoms with van der Waals surface area (Å²) in [6.45, 7) is 8.94. The summed E-state index contributed by atoms with van der Waals surface area (Å²) in [4.78, 5) is 31.2. The van der Waals surface area contributed by atoms with Crippen molar-refractivity contribution in [2.75, 3.05) is 49.3 Å². The monoisotopic (exact) mass is 485 g/mol. The second kappa shape index (κ2) is 10.6. The highest BCUT2D eigenvalue weighted by molar-refractivity contribution is 7.92. The van der Waals surface area contributed by atoms with Gasteiger partial charge in [-0.1, -0.05) is 6.92 Å². The number of nitrogens with zero attached hydrogens (tertiary/aromatic N) is 3. The van der Waals surface area contributed by atoms with E-state index in [4.69, 9.17) is 9.47 Å². The fourth-order valence-electron chi connectivity index (χ4n) is 3.05. The molecule has 0 saturated heterocycles. The standard InChI is InChI=1S/C21H35N5O6S/c1-14-10-16(14)13-26(8-9-31-6)18-12-15(11-17(22-18)25(5)33(7,29)30)19(27)23-24-20(28)32-21(2,3)4/h11-12,14,16H,8-10,13H2,1-7H3,(H,23,27)(H,24,28)/t14-,16+/m1/s1. The van der Waals surface area contributed by atoms with Gasteiger partial charge in [0.15, 0.2) is 0 Å². The van der Waals surface area contributed by atoms with Crippen LogP contribution in [0.15, 0.2) is 12.1 Å². The van der Waals surface area contributed by atoms with Gasteiger partial charge < -0.3 is 14.4 Å². The Morgan fingerprint density at radius 2 is 1.82 bits per heavy atom. The Hall–Kier alpha value is -2.60. The topological polar surface area (TPSA) is 130 Å². The number of hydrogen-bond acceptors (Lipinski definition) is 8. The lowest BCUT2D eigenvalue weighted by Gasteiger charge is -2.26. The number of rotatable bonds is 9. The fraction of sp³-hybridized carbons (Fsp3) is 0.667. The highest BCUT2D eigenvalue weighted by Crippen LogP contribution is 2.39. The minimum absolute atomic E-state index is 0.0867. The molecule has 1 aromatic heterocycles. The Balaban J connectivity index is 2.34. The van der Waals surface area contributed by atoms with Crippen molar-refractivity contribution in [1.29, 1.82) is 0 Å². The van der Waals surface area contributed by atoms with E-state index in [1.165, 1.54) is 13.1 Å². The maximum Gasteiger partial charge on any atom is 0.426 e. The van der Waals surface area contributed by atoms with Gasteiger partial charge in [-0.2, -0.15) is 0 Å². The highest BCUT2D eigenvalue weighted by Gasteiger charge is 2.34. The zero-order valence-corrected chi connectivity index (χ0v) is 21.2. The molecule has 0 unspecified atom stereocenters. The second-order valence-corrected chi connectivity index (χ2v) is 11.3. The van der Waals surface area contributed by atoms with Crippen molar-refractivity contribution in [2.45, 2.75) is 39.7 Å². The molecule has 2 rings (SSSR count). The number of ether oxygens (including phenoxy) is 2. The van der Waals surface area contributed by atoms with Crippen molar-refractivity contribution in [2.24, 2.45) is 11.8 Å². The van der Waals surface area contributed by atoms with Gasteiger partial charge in [0.05, 0.1) is 12.9 Å². The van der Waals surface area contributed by atoms with Crippen molar-refractivity contribution in [3.05, 3.63) is 17.7 Å². The molecule has 0 radical (unpaired) electrons. The molecule has 1 aliphatic carbocycles. The van der Waals surface area contributed by atoms with E-state index in [1.54, 1.807) is 33.9 Å². The number of sulfonamides is 1. The van der Waals surface area contributed by atoms with E-state index in [1.807, 2.05) is 4.90 Å². The van der Waals surface area contributed by atoms with Gasteiger partial charge in [0.25, 0.3) is 5.91 Å². The highest BCUT2D eigenvalue weighted by atomic mass is 32.2. The predicted octanol–water partition coefficient (Wildman–Crippen LogP) is 1.76. The van der Waals surface area contributed by atoms with Crippen LogP contribution in [0.25, 0.3) is 0 Å². The molecule has 1 fully saturated rings. The zero-order chi connectivity index (χ0) is 25.0. The molecule has 33 heavy (non-hydrogen) atoms. The van der Waals surface area contributed by atoms with Crippen LogP contribution in [0.1, 0.15) is 44.5 Å². The average molecular weight is 486 g/mol. The number of methoxy groups -OCH3 is 1. The molecule has 11 nitrogen and oxygen atoms in total. The molecule has 0 aromatic carbocycles. The van der Waals surface area contributed by atoms with E-state index in [0.717, 1.165) is 17.0 Å². The summed E-state index contributed by atoms with van der Waals surface area (Å²) in [5.41, 5.74) is 3.90. The largest absolute Gasteiger partial charge is 0.443 e. The predicted molar refractivity (Wildman–Crippen MR) is 126 cm³/mol. The van der Waals surface area contributed by atoms with Crippen LogP contribution in [0.4, 0.5) is 16.4 Å². The summed E-state index contributed by atoms with van der Waals surface area (Å²) < 4.78 is 35.6. The first-order valence-corrected chi connectivity index (χ1v) is 12.6. The SMILES string of the molecule is COCCN(C[C@@H]1C[C@H]1C)c1cc(C(=O)NNC(=O)OC(C)(C)C)cc(N(C)S(C)(=O)=O)n1. The van der Waals surface area contributed by atoms with Crippen LogP contribution in [-0.4, -0.2) is 71.1 Å². The number of nitrogens with one attached hydrogen (secondary N) is 2. The molecular weight excluding hydrogens is 450 g/mol. The van der Waals surface area contributed by atoms with Gasteiger partial charge in [0, 0.05) is 32.8 Å². The number of amides is 2. The van der Waals surface area contributed by atoms with Crippen LogP contribution in [0.2, 0.25) is 0 Å². The molecule has 0 spiro atoms. The van der Waals surface area contributed by atoms with Crippen LogP contribution >= 0.6 is 0 Å². The van der Waals surface area contributed by atoms with Gasteiger partial charge in [0.2, 0.25) is 10.0 Å². The normalized spacial score (nSPS) is 17.8. The smallest absolute Gasteiger partial charge is 0.426 e. The van der Waals surface area contributed by atoms with Crippen LogP contribution in [0, 0.1) is 11.8 Å². The van der Waals surface area contributed by atoms with Gasteiger partial charge in [0.1, 0.15) is 17.2 Å². The van der Waals surface area contributed by atoms with E-state index < -0.39 is 27.6 Å². The molecule has 1 saturated carbocycles. The Morgan fingerprint density at radius 1 is 1.21 bits per heavy atom. The lowest BCUT2D eigenvalue weighted by molar-refractivity contribution is 0.0483. The van der Waals surface area contributed by atoms with Crippen molar-refractivity contribution in [1.82, 2.24) is 15.8 Å². The summed E-state index contributed by atoms with van der Waals surface area (Å²) in [6.07, 6.45) is 1.34. The quantitative estimate of drug-likeness (QED) is 0.506. The Kier molecular flexibility index (Phi) is 8.52. The molecule has 2 N–H and O–H groups in total. The number of aromatic nitrogens is 1. The van der Waals surface area contributed by atoms with Gasteiger partial charge in [-0.3, -0.25) is 14.5 Å². The van der Waals surface area contributed by atoms with Crippen molar-refractivity contribution >= 4 is 33.7 Å². The molecule has 1 aliphatic rings. The van der Waals surface area contributed by atoms with Gasteiger partial charge in [-0.15, -0.1) is 0 Å². The van der Waals surface area contributed by atoms with E-state index in [9.17, 15) is 18.0 Å². The maximum atomic E-state index is 12.8. The Morgan fingerprint density at radius 3 is 2.33 bits per heavy atom. The molecule has 0 bridgehead atoms. The number of pyridine rings is 1. The van der Waals surface area contributed by atoms with Crippen LogP contribution in [0.3, 0.4) is 0 Å². The van der Waals surface area contributed by atoms with Crippen LogP contribution in [0.5, 0.6) is 0 Å². The number of carbonyl (C=O) groups excluding carboxylic acids is 2. The third kappa shape index (κ3) is 8.35. The molecular formula is C21H35N5O6S.